The van der Waals surface area contributed by atoms with Crippen molar-refractivity contribution in [1.82, 2.24) is 0 Å². The van der Waals surface area contributed by atoms with Gasteiger partial charge >= 0.3 is 18.3 Å². The smallest absolute Gasteiger partial charge is 0.406 e. The molecule has 0 unspecified atom stereocenters. The molecule has 0 aliphatic rings. The third-order valence-corrected chi connectivity index (χ3v) is 1.31. The molecular weight excluding hydrogens is 256 g/mol. The van der Waals surface area contributed by atoms with E-state index < -0.39 is 35.9 Å². The van der Waals surface area contributed by atoms with Crippen molar-refractivity contribution in [2.24, 2.45) is 5.92 Å². The first kappa shape index (κ1) is 14.6. The highest BCUT2D eigenvalue weighted by Gasteiger charge is 2.60. The Morgan fingerprint density at radius 3 is 1.44 bits per heavy atom. The molecule has 94 valence electrons. The molecule has 10 heteroatoms. The number of carbonyl (C=O) groups is 1. The maximum Gasteiger partial charge on any atom is 0.406 e. The number of halogens is 8. The van der Waals surface area contributed by atoms with Gasteiger partial charge in [0, 0.05) is 0 Å². The van der Waals surface area contributed by atoms with Gasteiger partial charge in [-0.05, 0) is 0 Å². The third kappa shape index (κ3) is 3.35. The van der Waals surface area contributed by atoms with Crippen LogP contribution in [-0.2, 0) is 4.79 Å². The molecule has 0 aromatic carbocycles. The molecule has 1 N–H and O–H groups in total. The van der Waals surface area contributed by atoms with E-state index in [1.54, 1.807) is 0 Å². The average molecular weight is 258 g/mol. The maximum absolute atomic E-state index is 12.4. The van der Waals surface area contributed by atoms with E-state index in [2.05, 4.69) is 0 Å². The van der Waals surface area contributed by atoms with Crippen LogP contribution in [0.15, 0.2) is 11.7 Å². The van der Waals surface area contributed by atoms with Crippen LogP contribution in [0.1, 0.15) is 0 Å². The summed E-state index contributed by atoms with van der Waals surface area (Å²) >= 11 is 0. The zero-order valence-electron chi connectivity index (χ0n) is 6.96. The topological polar surface area (TPSA) is 37.3 Å². The largest absolute Gasteiger partial charge is 0.476 e. The fourth-order valence-corrected chi connectivity index (χ4v) is 0.702. The number of alkyl halides is 6. The second-order valence-corrected chi connectivity index (χ2v) is 2.48. The van der Waals surface area contributed by atoms with E-state index in [4.69, 9.17) is 5.11 Å². The molecule has 0 fully saturated rings. The molecule has 0 rings (SSSR count). The van der Waals surface area contributed by atoms with Gasteiger partial charge in [-0.15, -0.1) is 0 Å². The highest BCUT2D eigenvalue weighted by Crippen LogP contribution is 2.45. The van der Waals surface area contributed by atoms with Crippen LogP contribution in [0.4, 0.5) is 35.1 Å². The van der Waals surface area contributed by atoms with E-state index in [1.165, 1.54) is 0 Å². The van der Waals surface area contributed by atoms with E-state index in [-0.39, 0.29) is 0 Å². The summed E-state index contributed by atoms with van der Waals surface area (Å²) in [7, 11) is 0. The van der Waals surface area contributed by atoms with Crippen molar-refractivity contribution in [3.63, 3.8) is 0 Å². The summed E-state index contributed by atoms with van der Waals surface area (Å²) in [6.45, 7) is 0. The Balaban J connectivity index is 5.58. The number of hydrogen-bond acceptors (Lipinski definition) is 1. The molecule has 0 aromatic rings. The molecule has 0 bridgehead atoms. The monoisotopic (exact) mass is 258 g/mol. The Morgan fingerprint density at radius 2 is 1.25 bits per heavy atom. The van der Waals surface area contributed by atoms with E-state index in [0.29, 0.717) is 0 Å². The molecule has 0 amide bonds. The predicted molar refractivity (Wildman–Crippen MR) is 32.5 cm³/mol. The number of aliphatic carboxylic acids is 1. The number of allylic oxidation sites excluding steroid dienone is 1. The zero-order chi connectivity index (χ0) is 13.3. The predicted octanol–water partition coefficient (Wildman–Crippen LogP) is 2.96. The van der Waals surface area contributed by atoms with Crippen LogP contribution in [0.3, 0.4) is 0 Å². The van der Waals surface area contributed by atoms with E-state index >= 15 is 0 Å². The third-order valence-electron chi connectivity index (χ3n) is 1.31. The second-order valence-electron chi connectivity index (χ2n) is 2.48. The highest BCUT2D eigenvalue weighted by molar-refractivity contribution is 5.84. The minimum atomic E-state index is -6.17. The van der Waals surface area contributed by atoms with Gasteiger partial charge in [-0.3, -0.25) is 0 Å². The SMILES string of the molecule is O=C(O)C(F)=C(F)C(C(F)(F)F)C(F)(F)F. The minimum absolute atomic E-state index is 2.85. The van der Waals surface area contributed by atoms with Gasteiger partial charge in [0.25, 0.3) is 0 Å². The lowest BCUT2D eigenvalue weighted by molar-refractivity contribution is -0.276. The van der Waals surface area contributed by atoms with Crippen molar-refractivity contribution in [2.75, 3.05) is 0 Å². The molecule has 0 atom stereocenters. The van der Waals surface area contributed by atoms with Crippen molar-refractivity contribution in [3.8, 4) is 0 Å². The van der Waals surface area contributed by atoms with Gasteiger partial charge in [0.15, 0.2) is 5.83 Å². The van der Waals surface area contributed by atoms with Crippen molar-refractivity contribution in [2.45, 2.75) is 12.4 Å². The Kier molecular flexibility index (Phi) is 3.90. The van der Waals surface area contributed by atoms with Crippen molar-refractivity contribution < 1.29 is 45.0 Å². The average Bonchev–Trinajstić information content (AvgIpc) is 1.96. The highest BCUT2D eigenvalue weighted by atomic mass is 19.4. The van der Waals surface area contributed by atoms with Crippen LogP contribution in [0.2, 0.25) is 0 Å². The van der Waals surface area contributed by atoms with Crippen LogP contribution in [0.5, 0.6) is 0 Å². The van der Waals surface area contributed by atoms with Crippen LogP contribution in [0, 0.1) is 5.92 Å². The van der Waals surface area contributed by atoms with Gasteiger partial charge in [-0.25, -0.2) is 9.18 Å². The Morgan fingerprint density at radius 1 is 0.938 bits per heavy atom. The van der Waals surface area contributed by atoms with Gasteiger partial charge in [-0.1, -0.05) is 0 Å². The molecule has 0 saturated carbocycles. The van der Waals surface area contributed by atoms with Gasteiger partial charge in [-0.2, -0.15) is 30.7 Å². The maximum atomic E-state index is 12.4. The first-order valence-corrected chi connectivity index (χ1v) is 3.31. The lowest BCUT2D eigenvalue weighted by atomic mass is 10.1. The van der Waals surface area contributed by atoms with Crippen LogP contribution >= 0.6 is 0 Å². The summed E-state index contributed by atoms with van der Waals surface area (Å²) in [5.41, 5.74) is 0. The molecular formula is C6H2F8O2. The molecule has 0 spiro atoms. The summed E-state index contributed by atoms with van der Waals surface area (Å²) in [5.74, 6) is -14.2. The summed E-state index contributed by atoms with van der Waals surface area (Å²) < 4.78 is 94.9. The molecule has 2 nitrogen and oxygen atoms in total. The summed E-state index contributed by atoms with van der Waals surface area (Å²) in [5, 5.41) is 7.73. The first-order chi connectivity index (χ1) is 6.89. The first-order valence-electron chi connectivity index (χ1n) is 3.31. The fourth-order valence-electron chi connectivity index (χ4n) is 0.702. The van der Waals surface area contributed by atoms with Gasteiger partial charge in [0.05, 0.1) is 0 Å². The van der Waals surface area contributed by atoms with Crippen molar-refractivity contribution in [1.29, 1.82) is 0 Å². The van der Waals surface area contributed by atoms with Crippen LogP contribution < -0.4 is 0 Å². The van der Waals surface area contributed by atoms with Gasteiger partial charge in [0.2, 0.25) is 11.7 Å². The minimum Gasteiger partial charge on any atom is -0.476 e. The summed E-state index contributed by atoms with van der Waals surface area (Å²) in [6.07, 6.45) is -12.3. The summed E-state index contributed by atoms with van der Waals surface area (Å²) in [4.78, 5) is 9.69. The molecule has 0 aliphatic heterocycles. The van der Waals surface area contributed by atoms with Crippen LogP contribution in [0.25, 0.3) is 0 Å². The van der Waals surface area contributed by atoms with E-state index in [0.717, 1.165) is 0 Å². The summed E-state index contributed by atoms with van der Waals surface area (Å²) in [6, 6.07) is 0. The molecule has 0 heterocycles. The van der Waals surface area contributed by atoms with E-state index in [9.17, 15) is 39.9 Å². The standard InChI is InChI=1S/C6H2F8O2/c7-1(2(8)4(15)16)3(5(9,10)11)6(12,13)14/h3H,(H,15,16). The molecule has 0 saturated heterocycles. The molecule has 0 aliphatic carbocycles. The Labute approximate surface area is 82.2 Å². The zero-order valence-corrected chi connectivity index (χ0v) is 6.96. The lowest BCUT2D eigenvalue weighted by Crippen LogP contribution is -2.37. The molecule has 0 radical (unpaired) electrons. The van der Waals surface area contributed by atoms with Gasteiger partial charge in [0.1, 0.15) is 0 Å². The van der Waals surface area contributed by atoms with E-state index in [1.807, 2.05) is 0 Å². The molecule has 0 aromatic heterocycles. The quantitative estimate of drug-likeness (QED) is 0.610. The van der Waals surface area contributed by atoms with Crippen molar-refractivity contribution in [3.05, 3.63) is 11.7 Å². The molecule has 16 heavy (non-hydrogen) atoms. The number of rotatable bonds is 2. The lowest BCUT2D eigenvalue weighted by Gasteiger charge is -2.21. The Bertz CT molecular complexity index is 297. The number of carboxylic acids is 1. The number of carboxylic acid groups (broad SMARTS) is 1. The second kappa shape index (κ2) is 4.26. The number of hydrogen-bond donors (Lipinski definition) is 1. The van der Waals surface area contributed by atoms with Gasteiger partial charge < -0.3 is 5.11 Å². The van der Waals surface area contributed by atoms with Crippen molar-refractivity contribution >= 4 is 5.97 Å². The normalized spacial score (nSPS) is 15.1. The fraction of sp³-hybridized carbons (Fsp3) is 0.500. The van der Waals surface area contributed by atoms with Crippen LogP contribution in [-0.4, -0.2) is 23.4 Å². The Hall–Kier alpha value is -1.35.